The number of aryl methyl sites for hydroxylation is 1. The molecule has 24 heavy (non-hydrogen) atoms. The van der Waals surface area contributed by atoms with Gasteiger partial charge in [-0.25, -0.2) is 8.42 Å². The molecule has 3 rings (SSSR count). The minimum absolute atomic E-state index is 0.157. The molecule has 2 aromatic carbocycles. The zero-order valence-corrected chi connectivity index (χ0v) is 13.8. The molecule has 122 valence electrons. The highest BCUT2D eigenvalue weighted by molar-refractivity contribution is 7.91. The lowest BCUT2D eigenvalue weighted by atomic mass is 10.0. The zero-order valence-electron chi connectivity index (χ0n) is 13.0. The Balaban J connectivity index is 1.74. The summed E-state index contributed by atoms with van der Waals surface area (Å²) in [4.78, 5) is 12.6. The molecule has 0 spiro atoms. The first kappa shape index (κ1) is 16.2. The van der Waals surface area contributed by atoms with Crippen LogP contribution in [0.25, 0.3) is 0 Å². The van der Waals surface area contributed by atoms with Crippen LogP contribution in [0.15, 0.2) is 47.4 Å². The number of nitrogens with zero attached hydrogens (tertiary/aromatic N) is 1. The Kier molecular flexibility index (Phi) is 4.36. The van der Waals surface area contributed by atoms with E-state index >= 15 is 0 Å². The summed E-state index contributed by atoms with van der Waals surface area (Å²) in [5.74, 6) is -0.0154. The number of hydrogen-bond acceptors (Lipinski definition) is 4. The van der Waals surface area contributed by atoms with E-state index in [9.17, 15) is 13.2 Å². The van der Waals surface area contributed by atoms with Crippen molar-refractivity contribution in [2.24, 2.45) is 0 Å². The Labute approximate surface area is 140 Å². The van der Waals surface area contributed by atoms with Crippen LogP contribution in [0.1, 0.15) is 23.1 Å². The molecular weight excluding hydrogens is 324 g/mol. The van der Waals surface area contributed by atoms with Gasteiger partial charge in [0.1, 0.15) is 0 Å². The Morgan fingerprint density at radius 2 is 2.04 bits per heavy atom. The molecule has 0 atom stereocenters. The second-order valence-electron chi connectivity index (χ2n) is 5.78. The average Bonchev–Trinajstić information content (AvgIpc) is 2.54. The van der Waals surface area contributed by atoms with Gasteiger partial charge in [-0.05, 0) is 48.2 Å². The molecule has 2 aromatic rings. The third-order valence-electron chi connectivity index (χ3n) is 3.96. The van der Waals surface area contributed by atoms with Crippen LogP contribution in [0.2, 0.25) is 0 Å². The third-order valence-corrected chi connectivity index (χ3v) is 5.85. The van der Waals surface area contributed by atoms with Gasteiger partial charge in [0.15, 0.2) is 9.84 Å². The Bertz CT molecular complexity index is 943. The van der Waals surface area contributed by atoms with Crippen molar-refractivity contribution in [2.75, 3.05) is 11.1 Å². The van der Waals surface area contributed by atoms with E-state index in [4.69, 9.17) is 5.26 Å². The van der Waals surface area contributed by atoms with Gasteiger partial charge in [-0.3, -0.25) is 4.79 Å². The SMILES string of the molecule is N#Cc1cccc(NC(=O)Cc2ccc3c(c2)CCCS3(=O)=O)c1. The molecule has 0 saturated heterocycles. The van der Waals surface area contributed by atoms with E-state index in [0.717, 1.165) is 11.1 Å². The van der Waals surface area contributed by atoms with Crippen LogP contribution in [0.4, 0.5) is 5.69 Å². The molecule has 1 aliphatic rings. The maximum atomic E-state index is 12.2. The summed E-state index contributed by atoms with van der Waals surface area (Å²) in [6, 6.07) is 13.8. The fraction of sp³-hybridized carbons (Fsp3) is 0.222. The monoisotopic (exact) mass is 340 g/mol. The Morgan fingerprint density at radius 3 is 2.83 bits per heavy atom. The molecule has 0 aliphatic carbocycles. The van der Waals surface area contributed by atoms with E-state index < -0.39 is 9.84 Å². The highest BCUT2D eigenvalue weighted by atomic mass is 32.2. The number of rotatable bonds is 3. The number of anilines is 1. The number of carbonyl (C=O) groups excluding carboxylic acids is 1. The van der Waals surface area contributed by atoms with Crippen LogP contribution < -0.4 is 5.32 Å². The number of sulfone groups is 1. The molecule has 1 N–H and O–H groups in total. The predicted molar refractivity (Wildman–Crippen MR) is 90.3 cm³/mol. The molecule has 6 heteroatoms. The normalized spacial score (nSPS) is 15.1. The minimum Gasteiger partial charge on any atom is -0.326 e. The predicted octanol–water partition coefficient (Wildman–Crippen LogP) is 2.46. The molecule has 1 amide bonds. The fourth-order valence-corrected chi connectivity index (χ4v) is 4.44. The van der Waals surface area contributed by atoms with Crippen molar-refractivity contribution >= 4 is 21.4 Å². The largest absolute Gasteiger partial charge is 0.326 e. The molecule has 0 saturated carbocycles. The maximum absolute atomic E-state index is 12.2. The van der Waals surface area contributed by atoms with Crippen molar-refractivity contribution in [1.82, 2.24) is 0 Å². The van der Waals surface area contributed by atoms with Gasteiger partial charge in [-0.1, -0.05) is 18.2 Å². The third kappa shape index (κ3) is 3.47. The molecule has 1 heterocycles. The highest BCUT2D eigenvalue weighted by Crippen LogP contribution is 2.26. The van der Waals surface area contributed by atoms with Gasteiger partial charge in [0.25, 0.3) is 0 Å². The highest BCUT2D eigenvalue weighted by Gasteiger charge is 2.23. The molecule has 0 aromatic heterocycles. The molecule has 0 unspecified atom stereocenters. The summed E-state index contributed by atoms with van der Waals surface area (Å²) in [7, 11) is -3.17. The lowest BCUT2D eigenvalue weighted by Gasteiger charge is -2.17. The van der Waals surface area contributed by atoms with E-state index in [1.807, 2.05) is 6.07 Å². The van der Waals surface area contributed by atoms with Crippen molar-refractivity contribution in [1.29, 1.82) is 5.26 Å². The minimum atomic E-state index is -3.17. The fourth-order valence-electron chi connectivity index (χ4n) is 2.86. The first-order valence-corrected chi connectivity index (χ1v) is 9.28. The maximum Gasteiger partial charge on any atom is 0.228 e. The van der Waals surface area contributed by atoms with E-state index in [0.29, 0.717) is 29.0 Å². The molecule has 5 nitrogen and oxygen atoms in total. The zero-order chi connectivity index (χ0) is 17.2. The number of hydrogen-bond donors (Lipinski definition) is 1. The quantitative estimate of drug-likeness (QED) is 0.930. The van der Waals surface area contributed by atoms with Crippen LogP contribution in [0, 0.1) is 11.3 Å². The van der Waals surface area contributed by atoms with Gasteiger partial charge in [-0.2, -0.15) is 5.26 Å². The Morgan fingerprint density at radius 1 is 1.21 bits per heavy atom. The number of fused-ring (bicyclic) bond motifs is 1. The van der Waals surface area contributed by atoms with Crippen molar-refractivity contribution in [3.63, 3.8) is 0 Å². The van der Waals surface area contributed by atoms with Crippen LogP contribution in [0.3, 0.4) is 0 Å². The standard InChI is InChI=1S/C18H16N2O3S/c19-12-14-3-1-5-16(10-14)20-18(21)11-13-6-7-17-15(9-13)4-2-8-24(17,22)23/h1,3,5-7,9-10H,2,4,8,11H2,(H,20,21). The number of benzene rings is 2. The van der Waals surface area contributed by atoms with Crippen LogP contribution in [0.5, 0.6) is 0 Å². The summed E-state index contributed by atoms with van der Waals surface area (Å²) in [5, 5.41) is 11.6. The number of nitrogens with one attached hydrogen (secondary N) is 1. The molecular formula is C18H16N2O3S. The number of carbonyl (C=O) groups is 1. The Hall–Kier alpha value is -2.65. The summed E-state index contributed by atoms with van der Waals surface area (Å²) < 4.78 is 24.0. The first-order chi connectivity index (χ1) is 11.5. The smallest absolute Gasteiger partial charge is 0.228 e. The summed E-state index contributed by atoms with van der Waals surface area (Å²) in [5.41, 5.74) is 2.61. The van der Waals surface area contributed by atoms with E-state index in [2.05, 4.69) is 5.32 Å². The van der Waals surface area contributed by atoms with Gasteiger partial charge >= 0.3 is 0 Å². The number of nitriles is 1. The average molecular weight is 340 g/mol. The van der Waals surface area contributed by atoms with Crippen LogP contribution in [-0.2, 0) is 27.5 Å². The second-order valence-corrected chi connectivity index (χ2v) is 7.86. The molecule has 0 fully saturated rings. The van der Waals surface area contributed by atoms with Crippen molar-refractivity contribution < 1.29 is 13.2 Å². The number of amides is 1. The van der Waals surface area contributed by atoms with E-state index in [1.165, 1.54) is 0 Å². The van der Waals surface area contributed by atoms with Crippen molar-refractivity contribution in [3.05, 3.63) is 59.2 Å². The van der Waals surface area contributed by atoms with Gasteiger partial charge in [0.05, 0.1) is 28.7 Å². The van der Waals surface area contributed by atoms with E-state index in [-0.39, 0.29) is 18.1 Å². The van der Waals surface area contributed by atoms with Gasteiger partial charge in [-0.15, -0.1) is 0 Å². The van der Waals surface area contributed by atoms with Gasteiger partial charge in [0.2, 0.25) is 5.91 Å². The van der Waals surface area contributed by atoms with Gasteiger partial charge in [0, 0.05) is 5.69 Å². The first-order valence-electron chi connectivity index (χ1n) is 7.62. The summed E-state index contributed by atoms with van der Waals surface area (Å²) in [6.07, 6.45) is 1.49. The summed E-state index contributed by atoms with van der Waals surface area (Å²) in [6.45, 7) is 0. The van der Waals surface area contributed by atoms with Crippen molar-refractivity contribution in [2.45, 2.75) is 24.2 Å². The lowest BCUT2D eigenvalue weighted by molar-refractivity contribution is -0.115. The lowest BCUT2D eigenvalue weighted by Crippen LogP contribution is -2.18. The van der Waals surface area contributed by atoms with Crippen LogP contribution >= 0.6 is 0 Å². The van der Waals surface area contributed by atoms with Gasteiger partial charge < -0.3 is 5.32 Å². The van der Waals surface area contributed by atoms with E-state index in [1.54, 1.807) is 42.5 Å². The topological polar surface area (TPSA) is 87.0 Å². The molecule has 0 bridgehead atoms. The van der Waals surface area contributed by atoms with Crippen molar-refractivity contribution in [3.8, 4) is 6.07 Å². The molecule has 0 radical (unpaired) electrons. The molecule has 1 aliphatic heterocycles. The van der Waals surface area contributed by atoms with Crippen LogP contribution in [-0.4, -0.2) is 20.1 Å². The second kappa shape index (κ2) is 6.46. The summed E-state index contributed by atoms with van der Waals surface area (Å²) >= 11 is 0.